The molecule has 1 amide bonds. The van der Waals surface area contributed by atoms with Gasteiger partial charge in [0.2, 0.25) is 15.9 Å². The highest BCUT2D eigenvalue weighted by molar-refractivity contribution is 7.92. The van der Waals surface area contributed by atoms with Crippen LogP contribution in [0.5, 0.6) is 0 Å². The van der Waals surface area contributed by atoms with Gasteiger partial charge in [-0.3, -0.25) is 4.79 Å². The van der Waals surface area contributed by atoms with Crippen molar-refractivity contribution in [3.05, 3.63) is 70.9 Å². The number of rotatable bonds is 5. The zero-order chi connectivity index (χ0) is 20.1. The molecule has 3 rings (SSSR count). The zero-order valence-corrected chi connectivity index (χ0v) is 16.5. The minimum absolute atomic E-state index is 0.208. The lowest BCUT2D eigenvalue weighted by atomic mass is 9.97. The second-order valence-corrected chi connectivity index (χ2v) is 8.70. The molecule has 0 unspecified atom stereocenters. The van der Waals surface area contributed by atoms with E-state index < -0.39 is 10.0 Å². The van der Waals surface area contributed by atoms with Crippen LogP contribution in [0.4, 0.5) is 10.1 Å². The summed E-state index contributed by atoms with van der Waals surface area (Å²) < 4.78 is 40.0. The van der Waals surface area contributed by atoms with E-state index in [2.05, 4.69) is 5.32 Å². The number of hydrogen-bond donors (Lipinski definition) is 1. The first kappa shape index (κ1) is 20.2. The Balaban J connectivity index is 1.56. The summed E-state index contributed by atoms with van der Waals surface area (Å²) >= 11 is 0. The van der Waals surface area contributed by atoms with E-state index in [1.165, 1.54) is 15.8 Å². The molecule has 0 spiro atoms. The molecule has 7 heteroatoms. The Hall–Kier alpha value is -2.51. The third-order valence-electron chi connectivity index (χ3n) is 4.86. The molecule has 1 N–H and O–H groups in total. The molecule has 2 aromatic carbocycles. The number of sulfonamides is 1. The third kappa shape index (κ3) is 5.05. The molecule has 1 heterocycles. The van der Waals surface area contributed by atoms with Gasteiger partial charge < -0.3 is 5.32 Å². The summed E-state index contributed by atoms with van der Waals surface area (Å²) in [4.78, 5) is 12.4. The van der Waals surface area contributed by atoms with Crippen LogP contribution in [-0.4, -0.2) is 31.7 Å². The maximum absolute atomic E-state index is 13.6. The van der Waals surface area contributed by atoms with Gasteiger partial charge in [0, 0.05) is 30.1 Å². The molecule has 0 bridgehead atoms. The van der Waals surface area contributed by atoms with Crippen molar-refractivity contribution in [1.29, 1.82) is 0 Å². The Bertz CT molecular complexity index is 966. The van der Waals surface area contributed by atoms with Crippen molar-refractivity contribution in [1.82, 2.24) is 4.31 Å². The number of nitrogens with one attached hydrogen (secondary N) is 1. The summed E-state index contributed by atoms with van der Waals surface area (Å²) in [5, 5.41) is 3.93. The lowest BCUT2D eigenvalue weighted by Gasteiger charge is -2.29. The number of halogens is 1. The zero-order valence-electron chi connectivity index (χ0n) is 15.6. The van der Waals surface area contributed by atoms with Gasteiger partial charge in [-0.05, 0) is 49.1 Å². The van der Waals surface area contributed by atoms with E-state index in [0.29, 0.717) is 24.1 Å². The molecule has 1 aliphatic heterocycles. The molecule has 148 valence electrons. The van der Waals surface area contributed by atoms with Crippen molar-refractivity contribution in [2.75, 3.05) is 18.4 Å². The van der Waals surface area contributed by atoms with Gasteiger partial charge in [0.15, 0.2) is 0 Å². The largest absolute Gasteiger partial charge is 0.326 e. The molecular formula is C21H23FN2O3S. The fourth-order valence-corrected chi connectivity index (χ4v) is 4.32. The van der Waals surface area contributed by atoms with E-state index in [1.807, 2.05) is 30.3 Å². The van der Waals surface area contributed by atoms with Crippen LogP contribution in [0.3, 0.4) is 0 Å². The van der Waals surface area contributed by atoms with E-state index in [9.17, 15) is 17.6 Å². The lowest BCUT2D eigenvalue weighted by molar-refractivity contribution is -0.120. The van der Waals surface area contributed by atoms with E-state index in [0.717, 1.165) is 5.56 Å². The first-order chi connectivity index (χ1) is 13.3. The predicted octanol–water partition coefficient (Wildman–Crippen LogP) is 3.79. The molecule has 0 aliphatic carbocycles. The highest BCUT2D eigenvalue weighted by Gasteiger charge is 2.30. The average Bonchev–Trinajstić information content (AvgIpc) is 2.70. The van der Waals surface area contributed by atoms with E-state index in [1.54, 1.807) is 25.1 Å². The van der Waals surface area contributed by atoms with Gasteiger partial charge in [0.25, 0.3) is 0 Å². The van der Waals surface area contributed by atoms with Crippen molar-refractivity contribution < 1.29 is 17.6 Å². The van der Waals surface area contributed by atoms with Crippen molar-refractivity contribution in [3.63, 3.8) is 0 Å². The molecule has 0 atom stereocenters. The van der Waals surface area contributed by atoms with Crippen LogP contribution in [0.25, 0.3) is 6.08 Å². The highest BCUT2D eigenvalue weighted by atomic mass is 32.2. The second-order valence-electron chi connectivity index (χ2n) is 6.88. The summed E-state index contributed by atoms with van der Waals surface area (Å²) in [5.41, 5.74) is 1.74. The second kappa shape index (κ2) is 8.67. The molecule has 1 aliphatic rings. The van der Waals surface area contributed by atoms with Crippen LogP contribution in [0.2, 0.25) is 0 Å². The minimum Gasteiger partial charge on any atom is -0.326 e. The maximum Gasteiger partial charge on any atom is 0.236 e. The number of hydrogen-bond acceptors (Lipinski definition) is 3. The topological polar surface area (TPSA) is 66.5 Å². The van der Waals surface area contributed by atoms with Gasteiger partial charge in [-0.1, -0.05) is 36.4 Å². The Morgan fingerprint density at radius 2 is 1.82 bits per heavy atom. The van der Waals surface area contributed by atoms with Crippen molar-refractivity contribution in [3.8, 4) is 0 Å². The molecule has 1 saturated heterocycles. The maximum atomic E-state index is 13.6. The normalized spacial score (nSPS) is 16.4. The van der Waals surface area contributed by atoms with Gasteiger partial charge in [-0.25, -0.2) is 12.8 Å². The van der Waals surface area contributed by atoms with Crippen molar-refractivity contribution >= 4 is 27.7 Å². The quantitative estimate of drug-likeness (QED) is 0.828. The van der Waals surface area contributed by atoms with Gasteiger partial charge in [0.1, 0.15) is 5.82 Å². The number of piperidine rings is 1. The first-order valence-electron chi connectivity index (χ1n) is 9.15. The third-order valence-corrected chi connectivity index (χ3v) is 6.42. The molecule has 0 radical (unpaired) electrons. The Morgan fingerprint density at radius 3 is 2.46 bits per heavy atom. The Labute approximate surface area is 164 Å². The SMILES string of the molecule is Cc1ccc(NC(=O)C2CCN(S(=O)(=O)/C=C/c3ccccc3)CC2)cc1F. The number of aryl methyl sites for hydroxylation is 1. The smallest absolute Gasteiger partial charge is 0.236 e. The van der Waals surface area contributed by atoms with E-state index in [-0.39, 0.29) is 30.7 Å². The fourth-order valence-electron chi connectivity index (χ4n) is 3.10. The molecule has 2 aromatic rings. The summed E-state index contributed by atoms with van der Waals surface area (Å²) in [5.74, 6) is -0.877. The fraction of sp³-hybridized carbons (Fsp3) is 0.286. The number of nitrogens with zero attached hydrogens (tertiary/aromatic N) is 1. The molecular weight excluding hydrogens is 379 g/mol. The lowest BCUT2D eigenvalue weighted by Crippen LogP contribution is -2.40. The average molecular weight is 402 g/mol. The Kier molecular flexibility index (Phi) is 6.26. The summed E-state index contributed by atoms with van der Waals surface area (Å²) in [6, 6.07) is 13.8. The standard InChI is InChI=1S/C21H23FN2O3S/c1-16-7-8-19(15-20(16)22)23-21(25)18-9-12-24(13-10-18)28(26,27)14-11-17-5-3-2-4-6-17/h2-8,11,14-15,18H,9-10,12-13H2,1H3,(H,23,25)/b14-11+. The van der Waals surface area contributed by atoms with Crippen LogP contribution in [0, 0.1) is 18.7 Å². The van der Waals surface area contributed by atoms with Gasteiger partial charge >= 0.3 is 0 Å². The summed E-state index contributed by atoms with van der Waals surface area (Å²) in [7, 11) is -3.53. The van der Waals surface area contributed by atoms with Gasteiger partial charge in [0.05, 0.1) is 0 Å². The Morgan fingerprint density at radius 1 is 1.14 bits per heavy atom. The number of carbonyl (C=O) groups is 1. The molecule has 5 nitrogen and oxygen atoms in total. The molecule has 28 heavy (non-hydrogen) atoms. The van der Waals surface area contributed by atoms with Gasteiger partial charge in [-0.15, -0.1) is 0 Å². The monoisotopic (exact) mass is 402 g/mol. The summed E-state index contributed by atoms with van der Waals surface area (Å²) in [6.45, 7) is 2.22. The number of anilines is 1. The summed E-state index contributed by atoms with van der Waals surface area (Å²) in [6.07, 6.45) is 2.43. The molecule has 0 saturated carbocycles. The van der Waals surface area contributed by atoms with Crippen LogP contribution in [0.15, 0.2) is 53.9 Å². The number of amides is 1. The van der Waals surface area contributed by atoms with Crippen LogP contribution in [-0.2, 0) is 14.8 Å². The van der Waals surface area contributed by atoms with Crippen LogP contribution < -0.4 is 5.32 Å². The molecule has 0 aromatic heterocycles. The van der Waals surface area contributed by atoms with Crippen LogP contribution in [0.1, 0.15) is 24.0 Å². The first-order valence-corrected chi connectivity index (χ1v) is 10.7. The van der Waals surface area contributed by atoms with E-state index in [4.69, 9.17) is 0 Å². The number of carbonyl (C=O) groups excluding carboxylic acids is 1. The predicted molar refractivity (Wildman–Crippen MR) is 108 cm³/mol. The van der Waals surface area contributed by atoms with Crippen molar-refractivity contribution in [2.24, 2.45) is 5.92 Å². The number of benzene rings is 2. The van der Waals surface area contributed by atoms with Crippen LogP contribution >= 0.6 is 0 Å². The van der Waals surface area contributed by atoms with Crippen molar-refractivity contribution in [2.45, 2.75) is 19.8 Å². The highest BCUT2D eigenvalue weighted by Crippen LogP contribution is 2.23. The minimum atomic E-state index is -3.53. The van der Waals surface area contributed by atoms with E-state index >= 15 is 0 Å². The van der Waals surface area contributed by atoms with Gasteiger partial charge in [-0.2, -0.15) is 4.31 Å². The molecule has 1 fully saturated rings.